The van der Waals surface area contributed by atoms with Crippen molar-refractivity contribution >= 4 is 27.7 Å². The van der Waals surface area contributed by atoms with Gasteiger partial charge in [-0.1, -0.05) is 0 Å². The fraction of sp³-hybridized carbons (Fsp3) is 0.417. The number of nitrogens with zero attached hydrogens (tertiary/aromatic N) is 3. The van der Waals surface area contributed by atoms with Crippen molar-refractivity contribution in [1.82, 2.24) is 14.8 Å². The van der Waals surface area contributed by atoms with Crippen molar-refractivity contribution in [2.24, 2.45) is 0 Å². The number of hydrogen-bond acceptors (Lipinski definition) is 3. The Morgan fingerprint density at radius 2 is 2.17 bits per heavy atom. The van der Waals surface area contributed by atoms with Gasteiger partial charge < -0.3 is 9.80 Å². The number of hydrogen-bond donors (Lipinski definition) is 0. The first kappa shape index (κ1) is 11.6. The van der Waals surface area contributed by atoms with Gasteiger partial charge in [-0.2, -0.15) is 0 Å². The van der Waals surface area contributed by atoms with Crippen LogP contribution in [0.1, 0.15) is 23.3 Å². The van der Waals surface area contributed by atoms with Crippen LogP contribution in [0.25, 0.3) is 0 Å². The molecule has 0 spiro atoms. The first-order valence-corrected chi connectivity index (χ1v) is 6.65. The summed E-state index contributed by atoms with van der Waals surface area (Å²) in [6.07, 6.45) is 3.71. The topological polar surface area (TPSA) is 53.5 Å². The van der Waals surface area contributed by atoms with Gasteiger partial charge in [-0.3, -0.25) is 9.59 Å². The van der Waals surface area contributed by atoms with Gasteiger partial charge in [0.1, 0.15) is 12.2 Å². The number of carbonyl (C=O) groups excluding carboxylic acids is 2. The molecule has 1 aliphatic carbocycles. The Labute approximate surface area is 113 Å². The molecule has 2 aliphatic rings. The molecule has 0 aromatic carbocycles. The van der Waals surface area contributed by atoms with Gasteiger partial charge in [-0.25, -0.2) is 4.98 Å². The van der Waals surface area contributed by atoms with Crippen molar-refractivity contribution < 1.29 is 9.59 Å². The Kier molecular flexibility index (Phi) is 2.81. The standard InChI is InChI=1S/C12H12BrN3O2/c13-8-1-4-10(14-5-8)12(18)15-6-11(17)16(7-15)9-2-3-9/h1,4-5,9H,2-3,6-7H2. The maximum absolute atomic E-state index is 12.2. The van der Waals surface area contributed by atoms with Crippen LogP contribution in [0.15, 0.2) is 22.8 Å². The molecule has 2 fully saturated rings. The molecule has 1 aromatic heterocycles. The van der Waals surface area contributed by atoms with Crippen LogP contribution in [0.3, 0.4) is 0 Å². The van der Waals surface area contributed by atoms with E-state index in [-0.39, 0.29) is 18.4 Å². The largest absolute Gasteiger partial charge is 0.320 e. The molecule has 5 nitrogen and oxygen atoms in total. The second-order valence-corrected chi connectivity index (χ2v) is 5.52. The number of pyridine rings is 1. The molecule has 0 bridgehead atoms. The van der Waals surface area contributed by atoms with Gasteiger partial charge in [0.25, 0.3) is 5.91 Å². The molecule has 0 atom stereocenters. The zero-order chi connectivity index (χ0) is 12.7. The van der Waals surface area contributed by atoms with Gasteiger partial charge in [0.2, 0.25) is 5.91 Å². The number of aromatic nitrogens is 1. The summed E-state index contributed by atoms with van der Waals surface area (Å²) < 4.78 is 0.830. The van der Waals surface area contributed by atoms with Gasteiger partial charge in [0.05, 0.1) is 6.67 Å². The number of halogens is 1. The number of amides is 2. The zero-order valence-electron chi connectivity index (χ0n) is 9.67. The fourth-order valence-corrected chi connectivity index (χ4v) is 2.31. The summed E-state index contributed by atoms with van der Waals surface area (Å²) in [5.74, 6) is -0.137. The van der Waals surface area contributed by atoms with E-state index in [1.807, 2.05) is 0 Å². The van der Waals surface area contributed by atoms with Crippen LogP contribution >= 0.6 is 15.9 Å². The zero-order valence-corrected chi connectivity index (χ0v) is 11.3. The van der Waals surface area contributed by atoms with Crippen molar-refractivity contribution in [3.8, 4) is 0 Å². The third-order valence-corrected chi connectivity index (χ3v) is 3.66. The lowest BCUT2D eigenvalue weighted by Gasteiger charge is -2.17. The van der Waals surface area contributed by atoms with E-state index in [2.05, 4.69) is 20.9 Å². The van der Waals surface area contributed by atoms with Crippen molar-refractivity contribution in [2.45, 2.75) is 18.9 Å². The summed E-state index contributed by atoms with van der Waals surface area (Å²) in [6.45, 7) is 0.577. The highest BCUT2D eigenvalue weighted by Crippen LogP contribution is 2.29. The van der Waals surface area contributed by atoms with Crippen molar-refractivity contribution in [1.29, 1.82) is 0 Å². The molecule has 0 unspecified atom stereocenters. The lowest BCUT2D eigenvalue weighted by molar-refractivity contribution is -0.127. The van der Waals surface area contributed by atoms with Crippen LogP contribution in [-0.4, -0.2) is 45.9 Å². The second kappa shape index (κ2) is 4.35. The molecule has 0 N–H and O–H groups in total. The minimum absolute atomic E-state index is 0.0444. The predicted octanol–water partition coefficient (Wildman–Crippen LogP) is 1.25. The lowest BCUT2D eigenvalue weighted by atomic mass is 10.3. The number of carbonyl (C=O) groups is 2. The minimum atomic E-state index is -0.181. The average Bonchev–Trinajstić information content (AvgIpc) is 3.13. The molecule has 6 heteroatoms. The molecule has 0 radical (unpaired) electrons. The fourth-order valence-electron chi connectivity index (χ4n) is 2.07. The Morgan fingerprint density at radius 1 is 1.39 bits per heavy atom. The van der Waals surface area contributed by atoms with Crippen LogP contribution in [0.5, 0.6) is 0 Å². The molecule has 1 saturated heterocycles. The van der Waals surface area contributed by atoms with Crippen molar-refractivity contribution in [3.05, 3.63) is 28.5 Å². The van der Waals surface area contributed by atoms with E-state index in [1.165, 1.54) is 0 Å². The highest BCUT2D eigenvalue weighted by atomic mass is 79.9. The molecule has 1 aromatic rings. The summed E-state index contributed by atoms with van der Waals surface area (Å²) in [5, 5.41) is 0. The lowest BCUT2D eigenvalue weighted by Crippen LogP contribution is -2.32. The molecular weight excluding hydrogens is 298 g/mol. The molecule has 2 heterocycles. The van der Waals surface area contributed by atoms with E-state index in [0.29, 0.717) is 18.4 Å². The highest BCUT2D eigenvalue weighted by molar-refractivity contribution is 9.10. The third kappa shape index (κ3) is 2.12. The van der Waals surface area contributed by atoms with Crippen molar-refractivity contribution in [3.63, 3.8) is 0 Å². The molecule has 1 saturated carbocycles. The average molecular weight is 310 g/mol. The van der Waals surface area contributed by atoms with Crippen LogP contribution in [0, 0.1) is 0 Å². The van der Waals surface area contributed by atoms with Gasteiger partial charge in [0.15, 0.2) is 0 Å². The molecule has 1 aliphatic heterocycles. The molecule has 18 heavy (non-hydrogen) atoms. The van der Waals surface area contributed by atoms with E-state index in [4.69, 9.17) is 0 Å². The maximum Gasteiger partial charge on any atom is 0.274 e. The Morgan fingerprint density at radius 3 is 2.78 bits per heavy atom. The summed E-state index contributed by atoms with van der Waals surface area (Å²) >= 11 is 3.27. The second-order valence-electron chi connectivity index (χ2n) is 4.60. The first-order valence-electron chi connectivity index (χ1n) is 5.85. The van der Waals surface area contributed by atoms with Crippen LogP contribution in [0.4, 0.5) is 0 Å². The Balaban J connectivity index is 1.73. The SMILES string of the molecule is O=C(c1ccc(Br)cn1)N1CC(=O)N(C2CC2)C1. The van der Waals surface area contributed by atoms with Gasteiger partial charge >= 0.3 is 0 Å². The summed E-state index contributed by atoms with van der Waals surface area (Å²) in [5.41, 5.74) is 0.378. The van der Waals surface area contributed by atoms with Crippen LogP contribution in [0.2, 0.25) is 0 Å². The van der Waals surface area contributed by atoms with E-state index in [1.54, 1.807) is 28.1 Å². The first-order chi connectivity index (χ1) is 8.65. The van der Waals surface area contributed by atoms with E-state index in [0.717, 1.165) is 17.3 Å². The molecule has 3 rings (SSSR count). The summed E-state index contributed by atoms with van der Waals surface area (Å²) in [4.78, 5) is 31.3. The van der Waals surface area contributed by atoms with E-state index in [9.17, 15) is 9.59 Å². The van der Waals surface area contributed by atoms with Gasteiger partial charge in [-0.05, 0) is 40.9 Å². The van der Waals surface area contributed by atoms with E-state index < -0.39 is 0 Å². The Hall–Kier alpha value is -1.43. The van der Waals surface area contributed by atoms with Gasteiger partial charge in [-0.15, -0.1) is 0 Å². The Bertz CT molecular complexity index is 499. The molecule has 94 valence electrons. The molecule has 2 amide bonds. The summed E-state index contributed by atoms with van der Waals surface area (Å²) in [6, 6.07) is 3.79. The molecular formula is C12H12BrN3O2. The van der Waals surface area contributed by atoms with Crippen LogP contribution < -0.4 is 0 Å². The van der Waals surface area contributed by atoms with Crippen molar-refractivity contribution in [2.75, 3.05) is 13.2 Å². The minimum Gasteiger partial charge on any atom is -0.320 e. The summed E-state index contributed by atoms with van der Waals surface area (Å²) in [7, 11) is 0. The number of rotatable bonds is 2. The van der Waals surface area contributed by atoms with E-state index >= 15 is 0 Å². The predicted molar refractivity (Wildman–Crippen MR) is 67.7 cm³/mol. The van der Waals surface area contributed by atoms with Crippen LogP contribution in [-0.2, 0) is 4.79 Å². The smallest absolute Gasteiger partial charge is 0.274 e. The normalized spacial score (nSPS) is 19.5. The third-order valence-electron chi connectivity index (χ3n) is 3.19. The highest BCUT2D eigenvalue weighted by Gasteiger charge is 2.40. The van der Waals surface area contributed by atoms with Gasteiger partial charge in [0, 0.05) is 16.7 Å². The quantitative estimate of drug-likeness (QED) is 0.826. The monoisotopic (exact) mass is 309 g/mol. The maximum atomic E-state index is 12.2.